The van der Waals surface area contributed by atoms with E-state index in [4.69, 9.17) is 9.15 Å². The van der Waals surface area contributed by atoms with Crippen LogP contribution in [0.4, 0.5) is 0 Å². The van der Waals surface area contributed by atoms with Crippen molar-refractivity contribution in [2.75, 3.05) is 0 Å². The van der Waals surface area contributed by atoms with Gasteiger partial charge >= 0.3 is 5.97 Å². The molecule has 2 rings (SSSR count). The minimum atomic E-state index is -0.619. The van der Waals surface area contributed by atoms with Crippen LogP contribution in [0.15, 0.2) is 28.2 Å². The summed E-state index contributed by atoms with van der Waals surface area (Å²) in [5, 5.41) is 0. The second-order valence-electron chi connectivity index (χ2n) is 8.24. The van der Waals surface area contributed by atoms with Gasteiger partial charge in [0.05, 0.1) is 5.57 Å². The van der Waals surface area contributed by atoms with Gasteiger partial charge in [0.25, 0.3) is 0 Å². The van der Waals surface area contributed by atoms with Gasteiger partial charge in [0.1, 0.15) is 22.7 Å². The minimum absolute atomic E-state index is 0.114. The third-order valence-electron chi connectivity index (χ3n) is 4.35. The largest absolute Gasteiger partial charge is 0.460 e. The lowest BCUT2D eigenvalue weighted by atomic mass is 9.90. The van der Waals surface area contributed by atoms with E-state index in [1.165, 1.54) is 0 Å². The van der Waals surface area contributed by atoms with Crippen LogP contribution in [0, 0.1) is 17.8 Å². The molecule has 0 radical (unpaired) electrons. The number of carbonyl (C=O) groups is 2. The molecule has 2 bridgehead atoms. The molecule has 1 aliphatic heterocycles. The van der Waals surface area contributed by atoms with Crippen LogP contribution in [0.2, 0.25) is 0 Å². The molecule has 144 valence electrons. The molecule has 1 atom stereocenters. The van der Waals surface area contributed by atoms with Gasteiger partial charge < -0.3 is 9.15 Å². The van der Waals surface area contributed by atoms with E-state index in [0.717, 1.165) is 17.6 Å². The van der Waals surface area contributed by atoms with Crippen molar-refractivity contribution in [1.82, 2.24) is 0 Å². The van der Waals surface area contributed by atoms with Crippen molar-refractivity contribution in [2.24, 2.45) is 5.92 Å². The van der Waals surface area contributed by atoms with Crippen molar-refractivity contribution in [3.05, 3.63) is 40.9 Å². The Morgan fingerprint density at radius 1 is 1.30 bits per heavy atom. The molecule has 0 amide bonds. The Balaban J connectivity index is 2.62. The number of esters is 1. The molecule has 0 fully saturated rings. The molecule has 1 aliphatic rings. The summed E-state index contributed by atoms with van der Waals surface area (Å²) in [6.45, 7) is 15.2. The summed E-state index contributed by atoms with van der Waals surface area (Å²) in [7, 11) is 0. The molecular formula is C23H28O4. The van der Waals surface area contributed by atoms with Crippen LogP contribution in [-0.2, 0) is 16.0 Å². The van der Waals surface area contributed by atoms with Gasteiger partial charge in [0.2, 0.25) is 5.78 Å². The minimum Gasteiger partial charge on any atom is -0.460 e. The number of allylic oxidation sites excluding steroid dienone is 3. The van der Waals surface area contributed by atoms with E-state index in [1.54, 1.807) is 6.07 Å². The van der Waals surface area contributed by atoms with E-state index in [2.05, 4.69) is 18.4 Å². The maximum atomic E-state index is 12.7. The highest BCUT2D eigenvalue weighted by molar-refractivity contribution is 6.29. The summed E-state index contributed by atoms with van der Waals surface area (Å²) in [6, 6.07) is 1.61. The van der Waals surface area contributed by atoms with E-state index in [9.17, 15) is 9.59 Å². The first-order chi connectivity index (χ1) is 12.5. The van der Waals surface area contributed by atoms with Gasteiger partial charge in [-0.2, -0.15) is 0 Å². The number of rotatable bonds is 2. The molecule has 0 spiro atoms. The fourth-order valence-corrected chi connectivity index (χ4v) is 2.99. The first kappa shape index (κ1) is 20.8. The van der Waals surface area contributed by atoms with Crippen LogP contribution >= 0.6 is 0 Å². The van der Waals surface area contributed by atoms with Gasteiger partial charge in [0.15, 0.2) is 0 Å². The highest BCUT2D eigenvalue weighted by Gasteiger charge is 2.28. The molecule has 4 heteroatoms. The van der Waals surface area contributed by atoms with E-state index in [1.807, 2.05) is 41.5 Å². The van der Waals surface area contributed by atoms with E-state index in [0.29, 0.717) is 35.5 Å². The normalized spacial score (nSPS) is 17.5. The zero-order chi connectivity index (χ0) is 20.4. The Kier molecular flexibility index (Phi) is 6.15. The van der Waals surface area contributed by atoms with Crippen LogP contribution in [-0.4, -0.2) is 17.4 Å². The van der Waals surface area contributed by atoms with Gasteiger partial charge in [-0.05, 0) is 65.9 Å². The molecule has 4 nitrogen and oxygen atoms in total. The predicted octanol–water partition coefficient (Wildman–Crippen LogP) is 5.13. The van der Waals surface area contributed by atoms with Crippen LogP contribution in [0.3, 0.4) is 0 Å². The summed E-state index contributed by atoms with van der Waals surface area (Å²) >= 11 is 0. The van der Waals surface area contributed by atoms with Crippen LogP contribution in [0.1, 0.15) is 76.3 Å². The fourth-order valence-electron chi connectivity index (χ4n) is 2.99. The maximum Gasteiger partial charge on any atom is 0.342 e. The molecule has 0 N–H and O–H groups in total. The number of carbonyl (C=O) groups excluding carboxylic acids is 2. The monoisotopic (exact) mass is 368 g/mol. The second kappa shape index (κ2) is 8.00. The molecular weight excluding hydrogens is 340 g/mol. The maximum absolute atomic E-state index is 12.7. The third-order valence-corrected chi connectivity index (χ3v) is 4.35. The number of furan rings is 1. The highest BCUT2D eigenvalue weighted by Crippen LogP contribution is 2.31. The number of hydrogen-bond acceptors (Lipinski definition) is 4. The van der Waals surface area contributed by atoms with Gasteiger partial charge in [0, 0.05) is 12.8 Å². The molecule has 0 unspecified atom stereocenters. The average molecular weight is 368 g/mol. The first-order valence-electron chi connectivity index (χ1n) is 9.22. The van der Waals surface area contributed by atoms with Crippen molar-refractivity contribution in [3.8, 4) is 11.8 Å². The Morgan fingerprint density at radius 2 is 1.96 bits per heavy atom. The van der Waals surface area contributed by atoms with Crippen molar-refractivity contribution in [1.29, 1.82) is 0 Å². The van der Waals surface area contributed by atoms with Gasteiger partial charge in [-0.1, -0.05) is 23.6 Å². The average Bonchev–Trinajstić information content (AvgIpc) is 2.89. The summed E-state index contributed by atoms with van der Waals surface area (Å²) in [5.41, 5.74) is 1.95. The Bertz CT molecular complexity index is 858. The summed E-state index contributed by atoms with van der Waals surface area (Å²) < 4.78 is 11.6. The topological polar surface area (TPSA) is 56.5 Å². The van der Waals surface area contributed by atoms with Gasteiger partial charge in [-0.3, -0.25) is 4.79 Å². The lowest BCUT2D eigenvalue weighted by molar-refractivity contribution is -0.109. The number of ether oxygens (including phenoxy) is 1. The molecule has 0 aliphatic carbocycles. The Labute approximate surface area is 161 Å². The van der Waals surface area contributed by atoms with Crippen LogP contribution in [0.5, 0.6) is 0 Å². The van der Waals surface area contributed by atoms with Crippen LogP contribution in [0.25, 0.3) is 5.57 Å². The lowest BCUT2D eigenvalue weighted by Crippen LogP contribution is -2.24. The first-order valence-corrected chi connectivity index (χ1v) is 9.22. The smallest absolute Gasteiger partial charge is 0.342 e. The summed E-state index contributed by atoms with van der Waals surface area (Å²) in [5.74, 6) is 5.94. The number of hydrogen-bond donors (Lipinski definition) is 0. The third kappa shape index (κ3) is 5.23. The molecule has 1 aromatic heterocycles. The second-order valence-corrected chi connectivity index (χ2v) is 8.24. The standard InChI is InChI=1S/C23H28O4/c1-14(2)16-10-8-9-11-18(24)21(15(3)4)20-13-17(19(12-16)26-20)22(25)27-23(5,6)7/h13,16H,1,8,10,12H2,2-7H3/t16-/m1/s1. The van der Waals surface area contributed by atoms with Crippen molar-refractivity contribution >= 4 is 17.3 Å². The lowest BCUT2D eigenvalue weighted by Gasteiger charge is -2.20. The molecule has 0 saturated heterocycles. The summed E-state index contributed by atoms with van der Waals surface area (Å²) in [6.07, 6.45) is 1.87. The molecule has 27 heavy (non-hydrogen) atoms. The predicted molar refractivity (Wildman–Crippen MR) is 106 cm³/mol. The SMILES string of the molecule is C=C(C)[C@@H]1CCC#CC(=O)C(=C(C)C)c2cc(C(=O)OC(C)(C)C)c(o2)C1. The van der Waals surface area contributed by atoms with Crippen molar-refractivity contribution < 1.29 is 18.7 Å². The zero-order valence-electron chi connectivity index (χ0n) is 17.1. The van der Waals surface area contributed by atoms with Crippen LogP contribution < -0.4 is 0 Å². The number of ketones is 1. The van der Waals surface area contributed by atoms with Gasteiger partial charge in [-0.15, -0.1) is 0 Å². The Hall–Kier alpha value is -2.54. The molecule has 0 saturated carbocycles. The fraction of sp³-hybridized carbons (Fsp3) is 0.478. The Morgan fingerprint density at radius 3 is 2.52 bits per heavy atom. The summed E-state index contributed by atoms with van der Waals surface area (Å²) in [4.78, 5) is 25.3. The van der Waals surface area contributed by atoms with Crippen molar-refractivity contribution in [2.45, 2.75) is 66.4 Å². The highest BCUT2D eigenvalue weighted by atomic mass is 16.6. The number of fused-ring (bicyclic) bond motifs is 2. The van der Waals surface area contributed by atoms with Gasteiger partial charge in [-0.25, -0.2) is 4.79 Å². The molecule has 2 heterocycles. The molecule has 1 aromatic rings. The van der Waals surface area contributed by atoms with E-state index >= 15 is 0 Å². The van der Waals surface area contributed by atoms with E-state index < -0.39 is 11.6 Å². The van der Waals surface area contributed by atoms with Crippen molar-refractivity contribution in [3.63, 3.8) is 0 Å². The zero-order valence-corrected chi connectivity index (χ0v) is 17.1. The number of Topliss-reactive ketones (excluding diaryl/α,β-unsaturated/α-hetero) is 1. The van der Waals surface area contributed by atoms with E-state index in [-0.39, 0.29) is 11.7 Å². The quantitative estimate of drug-likeness (QED) is 0.239. The molecule has 0 aromatic carbocycles.